The van der Waals surface area contributed by atoms with Crippen molar-refractivity contribution in [2.24, 2.45) is 0 Å². The lowest BCUT2D eigenvalue weighted by atomic mass is 10.1. The monoisotopic (exact) mass is 344 g/mol. The van der Waals surface area contributed by atoms with Crippen molar-refractivity contribution in [3.8, 4) is 11.1 Å². The van der Waals surface area contributed by atoms with Crippen LogP contribution in [0.1, 0.15) is 29.4 Å². The van der Waals surface area contributed by atoms with Gasteiger partial charge in [-0.1, -0.05) is 43.7 Å². The van der Waals surface area contributed by atoms with Crippen molar-refractivity contribution in [3.05, 3.63) is 41.3 Å². The molecule has 1 fully saturated rings. The Hall–Kier alpha value is -1.85. The molecule has 0 aliphatic carbocycles. The van der Waals surface area contributed by atoms with Crippen LogP contribution in [0.5, 0.6) is 0 Å². The van der Waals surface area contributed by atoms with Gasteiger partial charge in [-0.3, -0.25) is 4.79 Å². The van der Waals surface area contributed by atoms with Gasteiger partial charge in [0.05, 0.1) is 23.1 Å². The van der Waals surface area contributed by atoms with E-state index in [2.05, 4.69) is 29.3 Å². The highest BCUT2D eigenvalue weighted by Gasteiger charge is 2.21. The molecular formula is C19H24N2O2S. The normalized spacial score (nSPS) is 14.6. The van der Waals surface area contributed by atoms with E-state index in [1.165, 1.54) is 5.00 Å². The fourth-order valence-corrected chi connectivity index (χ4v) is 3.93. The number of anilines is 1. The second kappa shape index (κ2) is 8.31. The molecule has 4 nitrogen and oxygen atoms in total. The number of nitrogens with zero attached hydrogens (tertiary/aromatic N) is 1. The van der Waals surface area contributed by atoms with Crippen LogP contribution < -0.4 is 10.2 Å². The summed E-state index contributed by atoms with van der Waals surface area (Å²) in [4.78, 5) is 15.6. The molecule has 1 aromatic carbocycles. The maximum atomic E-state index is 12.5. The Labute approximate surface area is 147 Å². The second-order valence-corrected chi connectivity index (χ2v) is 6.94. The molecule has 0 unspecified atom stereocenters. The van der Waals surface area contributed by atoms with E-state index in [9.17, 15) is 4.79 Å². The Balaban J connectivity index is 1.88. The number of morpholine rings is 1. The summed E-state index contributed by atoms with van der Waals surface area (Å²) in [5.74, 6) is 0.0325. The second-order valence-electron chi connectivity index (χ2n) is 5.90. The van der Waals surface area contributed by atoms with E-state index in [0.29, 0.717) is 0 Å². The molecule has 0 saturated carbocycles. The van der Waals surface area contributed by atoms with E-state index in [1.54, 1.807) is 11.3 Å². The molecule has 1 aliphatic heterocycles. The summed E-state index contributed by atoms with van der Waals surface area (Å²) < 4.78 is 5.47. The van der Waals surface area contributed by atoms with Crippen LogP contribution in [0.2, 0.25) is 0 Å². The Morgan fingerprint density at radius 3 is 2.71 bits per heavy atom. The summed E-state index contributed by atoms with van der Waals surface area (Å²) in [6.07, 6.45) is 2.10. The SMILES string of the molecule is CCCCNC(=O)c1cc(-c2ccccc2)c(N2CCOCC2)s1. The van der Waals surface area contributed by atoms with Gasteiger partial charge in [0.1, 0.15) is 0 Å². The molecular weight excluding hydrogens is 320 g/mol. The number of carbonyl (C=O) groups excluding carboxylic acids is 1. The minimum absolute atomic E-state index is 0.0325. The van der Waals surface area contributed by atoms with Gasteiger partial charge in [0, 0.05) is 25.2 Å². The highest BCUT2D eigenvalue weighted by molar-refractivity contribution is 7.18. The Morgan fingerprint density at radius 1 is 1.25 bits per heavy atom. The zero-order chi connectivity index (χ0) is 16.8. The summed E-state index contributed by atoms with van der Waals surface area (Å²) in [6, 6.07) is 12.3. The number of unbranched alkanes of at least 4 members (excludes halogenated alkanes) is 1. The van der Waals surface area contributed by atoms with Crippen LogP contribution in [0.15, 0.2) is 36.4 Å². The number of carbonyl (C=O) groups is 1. The highest BCUT2D eigenvalue weighted by atomic mass is 32.1. The summed E-state index contributed by atoms with van der Waals surface area (Å²) in [5.41, 5.74) is 2.30. The van der Waals surface area contributed by atoms with Crippen LogP contribution in [0.25, 0.3) is 11.1 Å². The predicted molar refractivity (Wildman–Crippen MR) is 100 cm³/mol. The van der Waals surface area contributed by atoms with Crippen molar-refractivity contribution in [2.45, 2.75) is 19.8 Å². The number of hydrogen-bond donors (Lipinski definition) is 1. The number of ether oxygens (including phenoxy) is 1. The first-order valence-electron chi connectivity index (χ1n) is 8.59. The van der Waals surface area contributed by atoms with Crippen molar-refractivity contribution in [1.82, 2.24) is 5.32 Å². The molecule has 0 atom stereocenters. The van der Waals surface area contributed by atoms with E-state index < -0.39 is 0 Å². The summed E-state index contributed by atoms with van der Waals surface area (Å²) >= 11 is 1.59. The van der Waals surface area contributed by atoms with E-state index in [0.717, 1.165) is 61.7 Å². The Kier molecular flexibility index (Phi) is 5.88. The fraction of sp³-hybridized carbons (Fsp3) is 0.421. The van der Waals surface area contributed by atoms with Gasteiger partial charge in [-0.25, -0.2) is 0 Å². The third-order valence-electron chi connectivity index (χ3n) is 4.14. The molecule has 2 heterocycles. The molecule has 1 aliphatic rings. The number of rotatable bonds is 6. The zero-order valence-corrected chi connectivity index (χ0v) is 14.9. The van der Waals surface area contributed by atoms with Crippen molar-refractivity contribution < 1.29 is 9.53 Å². The number of benzene rings is 1. The first-order valence-corrected chi connectivity index (χ1v) is 9.41. The van der Waals surface area contributed by atoms with Gasteiger partial charge < -0.3 is 15.0 Å². The van der Waals surface area contributed by atoms with E-state index in [4.69, 9.17) is 4.74 Å². The van der Waals surface area contributed by atoms with E-state index in [-0.39, 0.29) is 5.91 Å². The summed E-state index contributed by atoms with van der Waals surface area (Å²) in [7, 11) is 0. The molecule has 1 amide bonds. The van der Waals surface area contributed by atoms with Crippen molar-refractivity contribution in [3.63, 3.8) is 0 Å². The average molecular weight is 344 g/mol. The van der Waals surface area contributed by atoms with Gasteiger partial charge in [0.2, 0.25) is 0 Å². The van der Waals surface area contributed by atoms with Gasteiger partial charge >= 0.3 is 0 Å². The van der Waals surface area contributed by atoms with Gasteiger partial charge in [-0.05, 0) is 18.1 Å². The van der Waals surface area contributed by atoms with Crippen molar-refractivity contribution in [1.29, 1.82) is 0 Å². The molecule has 24 heavy (non-hydrogen) atoms. The lowest BCUT2D eigenvalue weighted by Crippen LogP contribution is -2.35. The molecule has 1 saturated heterocycles. The molecule has 1 N–H and O–H groups in total. The molecule has 2 aromatic rings. The first-order chi connectivity index (χ1) is 11.8. The van der Waals surface area contributed by atoms with Crippen LogP contribution >= 0.6 is 11.3 Å². The average Bonchev–Trinajstić information content (AvgIpc) is 3.09. The quantitative estimate of drug-likeness (QED) is 0.811. The zero-order valence-electron chi connectivity index (χ0n) is 14.1. The number of hydrogen-bond acceptors (Lipinski definition) is 4. The number of nitrogens with one attached hydrogen (secondary N) is 1. The lowest BCUT2D eigenvalue weighted by molar-refractivity contribution is 0.0957. The Bertz CT molecular complexity index is 663. The molecule has 0 bridgehead atoms. The largest absolute Gasteiger partial charge is 0.378 e. The van der Waals surface area contributed by atoms with E-state index in [1.807, 2.05) is 24.3 Å². The van der Waals surface area contributed by atoms with Crippen molar-refractivity contribution in [2.75, 3.05) is 37.7 Å². The van der Waals surface area contributed by atoms with E-state index >= 15 is 0 Å². The van der Waals surface area contributed by atoms with Crippen molar-refractivity contribution >= 4 is 22.2 Å². The molecule has 128 valence electrons. The first kappa shape index (κ1) is 17.0. The van der Waals surface area contributed by atoms with Gasteiger partial charge in [0.15, 0.2) is 0 Å². The smallest absolute Gasteiger partial charge is 0.261 e. The number of amides is 1. The van der Waals surface area contributed by atoms with Crippen LogP contribution in [0.3, 0.4) is 0 Å². The highest BCUT2D eigenvalue weighted by Crippen LogP contribution is 2.39. The predicted octanol–water partition coefficient (Wildman–Crippen LogP) is 3.78. The molecule has 0 radical (unpaired) electrons. The molecule has 1 aromatic heterocycles. The van der Waals surface area contributed by atoms with Crippen LogP contribution in [0.4, 0.5) is 5.00 Å². The molecule has 5 heteroatoms. The van der Waals surface area contributed by atoms with Crippen LogP contribution in [-0.2, 0) is 4.74 Å². The van der Waals surface area contributed by atoms with Crippen LogP contribution in [0, 0.1) is 0 Å². The molecule has 0 spiro atoms. The maximum Gasteiger partial charge on any atom is 0.261 e. The summed E-state index contributed by atoms with van der Waals surface area (Å²) in [6.45, 7) is 6.09. The fourth-order valence-electron chi connectivity index (χ4n) is 2.78. The standard InChI is InChI=1S/C19H24N2O2S/c1-2-3-9-20-18(22)17-14-16(15-7-5-4-6-8-15)19(24-17)21-10-12-23-13-11-21/h4-8,14H,2-3,9-13H2,1H3,(H,20,22). The maximum absolute atomic E-state index is 12.5. The topological polar surface area (TPSA) is 41.6 Å². The minimum atomic E-state index is 0.0325. The van der Waals surface area contributed by atoms with Gasteiger partial charge in [0.25, 0.3) is 5.91 Å². The third kappa shape index (κ3) is 3.97. The van der Waals surface area contributed by atoms with Gasteiger partial charge in [-0.2, -0.15) is 0 Å². The third-order valence-corrected chi connectivity index (χ3v) is 5.33. The summed E-state index contributed by atoms with van der Waals surface area (Å²) in [5, 5.41) is 4.19. The Morgan fingerprint density at radius 2 is 2.00 bits per heavy atom. The lowest BCUT2D eigenvalue weighted by Gasteiger charge is -2.28. The minimum Gasteiger partial charge on any atom is -0.378 e. The van der Waals surface area contributed by atoms with Crippen LogP contribution in [-0.4, -0.2) is 38.8 Å². The van der Waals surface area contributed by atoms with Gasteiger partial charge in [-0.15, -0.1) is 11.3 Å². The number of thiophene rings is 1. The molecule has 3 rings (SSSR count).